The lowest BCUT2D eigenvalue weighted by atomic mass is 9.93. The fourth-order valence-corrected chi connectivity index (χ4v) is 3.80. The average Bonchev–Trinajstić information content (AvgIpc) is 3.15. The van der Waals surface area contributed by atoms with Crippen LogP contribution in [0.4, 0.5) is 5.13 Å². The molecule has 0 bridgehead atoms. The molecule has 4 rings (SSSR count). The zero-order valence-corrected chi connectivity index (χ0v) is 14.2. The van der Waals surface area contributed by atoms with E-state index >= 15 is 0 Å². The molecule has 126 valence electrons. The summed E-state index contributed by atoms with van der Waals surface area (Å²) < 4.78 is 6.87. The Bertz CT molecular complexity index is 789. The molecule has 0 atom stereocenters. The summed E-state index contributed by atoms with van der Waals surface area (Å²) >= 11 is 1.54. The third-order valence-corrected chi connectivity index (χ3v) is 5.16. The van der Waals surface area contributed by atoms with Gasteiger partial charge in [-0.1, -0.05) is 11.3 Å². The summed E-state index contributed by atoms with van der Waals surface area (Å²) in [7, 11) is 1.60. The molecule has 0 spiro atoms. The van der Waals surface area contributed by atoms with E-state index in [0.717, 1.165) is 47.0 Å². The maximum Gasteiger partial charge on any atom is 0.214 e. The Morgan fingerprint density at radius 3 is 2.79 bits per heavy atom. The summed E-state index contributed by atoms with van der Waals surface area (Å²) in [5.74, 6) is 0.585. The van der Waals surface area contributed by atoms with Gasteiger partial charge in [-0.05, 0) is 31.7 Å². The second kappa shape index (κ2) is 6.37. The van der Waals surface area contributed by atoms with Crippen molar-refractivity contribution in [1.82, 2.24) is 19.6 Å². The van der Waals surface area contributed by atoms with Crippen molar-refractivity contribution in [2.24, 2.45) is 0 Å². The van der Waals surface area contributed by atoms with E-state index in [1.807, 2.05) is 18.3 Å². The van der Waals surface area contributed by atoms with E-state index < -0.39 is 0 Å². The minimum absolute atomic E-state index is 0.141. The highest BCUT2D eigenvalue weighted by Crippen LogP contribution is 2.27. The Balaban J connectivity index is 1.49. The first kappa shape index (κ1) is 15.3. The molecule has 3 aromatic rings. The van der Waals surface area contributed by atoms with Gasteiger partial charge in [0.2, 0.25) is 16.0 Å². The normalized spacial score (nSPS) is 21.1. The molecule has 0 unspecified atom stereocenters. The number of hydrogen-bond donors (Lipinski definition) is 2. The Hall–Kier alpha value is -2.19. The number of methoxy groups -OCH3 is 1. The summed E-state index contributed by atoms with van der Waals surface area (Å²) in [6, 6.07) is 4.14. The van der Waals surface area contributed by atoms with Crippen LogP contribution in [-0.2, 0) is 0 Å². The molecule has 1 fully saturated rings. The molecule has 0 aromatic carbocycles. The second-order valence-corrected chi connectivity index (χ2v) is 6.96. The molecule has 24 heavy (non-hydrogen) atoms. The van der Waals surface area contributed by atoms with E-state index in [1.54, 1.807) is 17.8 Å². The fraction of sp³-hybridized carbons (Fsp3) is 0.438. The zero-order chi connectivity index (χ0) is 16.5. The Morgan fingerprint density at radius 1 is 1.29 bits per heavy atom. The van der Waals surface area contributed by atoms with Gasteiger partial charge < -0.3 is 15.2 Å². The lowest BCUT2D eigenvalue weighted by Crippen LogP contribution is -2.28. The molecule has 1 aliphatic carbocycles. The molecule has 0 amide bonds. The number of aliphatic hydroxyl groups excluding tert-OH is 1. The van der Waals surface area contributed by atoms with E-state index in [0.29, 0.717) is 11.9 Å². The van der Waals surface area contributed by atoms with E-state index in [1.165, 1.54) is 11.3 Å². The van der Waals surface area contributed by atoms with Gasteiger partial charge in [-0.25, -0.2) is 14.5 Å². The van der Waals surface area contributed by atoms with Crippen LogP contribution in [0.5, 0.6) is 5.88 Å². The third kappa shape index (κ3) is 3.07. The quantitative estimate of drug-likeness (QED) is 0.756. The molecular weight excluding hydrogens is 326 g/mol. The number of hydrogen-bond acceptors (Lipinski definition) is 7. The fourth-order valence-electron chi connectivity index (χ4n) is 2.94. The summed E-state index contributed by atoms with van der Waals surface area (Å²) in [5.41, 5.74) is 1.78. The standard InChI is InChI=1S/C16H19N5O2S/c1-23-14-7-2-10(8-17-14)13-9-21-16(19-13)24-15(20-21)18-11-3-5-12(22)6-4-11/h2,7-9,11-12,22H,3-6H2,1H3,(H,18,20). The first-order valence-electron chi connectivity index (χ1n) is 8.02. The number of anilines is 1. The number of ether oxygens (including phenoxy) is 1. The maximum atomic E-state index is 9.58. The molecule has 7 nitrogen and oxygen atoms in total. The monoisotopic (exact) mass is 345 g/mol. The van der Waals surface area contributed by atoms with E-state index in [-0.39, 0.29) is 6.10 Å². The van der Waals surface area contributed by atoms with Gasteiger partial charge in [0.05, 0.1) is 25.1 Å². The Morgan fingerprint density at radius 2 is 2.12 bits per heavy atom. The lowest BCUT2D eigenvalue weighted by Gasteiger charge is -2.25. The predicted molar refractivity (Wildman–Crippen MR) is 92.5 cm³/mol. The highest BCUT2D eigenvalue weighted by molar-refractivity contribution is 7.20. The van der Waals surface area contributed by atoms with Crippen LogP contribution in [0.1, 0.15) is 25.7 Å². The minimum atomic E-state index is -0.141. The Kier molecular flexibility index (Phi) is 4.07. The highest BCUT2D eigenvalue weighted by atomic mass is 32.1. The van der Waals surface area contributed by atoms with Crippen molar-refractivity contribution in [2.45, 2.75) is 37.8 Å². The number of pyridine rings is 1. The molecule has 1 aliphatic rings. The lowest BCUT2D eigenvalue weighted by molar-refractivity contribution is 0.126. The van der Waals surface area contributed by atoms with Gasteiger partial charge in [-0.2, -0.15) is 0 Å². The van der Waals surface area contributed by atoms with Crippen molar-refractivity contribution in [2.75, 3.05) is 12.4 Å². The first-order valence-corrected chi connectivity index (χ1v) is 8.84. The van der Waals surface area contributed by atoms with Crippen LogP contribution in [-0.4, -0.2) is 43.9 Å². The predicted octanol–water partition coefficient (Wildman–Crippen LogP) is 2.58. The summed E-state index contributed by atoms with van der Waals surface area (Å²) in [6.45, 7) is 0. The minimum Gasteiger partial charge on any atom is -0.481 e. The van der Waals surface area contributed by atoms with Crippen LogP contribution >= 0.6 is 11.3 Å². The number of nitrogens with one attached hydrogen (secondary N) is 1. The summed E-state index contributed by atoms with van der Waals surface area (Å²) in [4.78, 5) is 9.68. The molecule has 0 radical (unpaired) electrons. The van der Waals surface area contributed by atoms with E-state index in [4.69, 9.17) is 4.74 Å². The van der Waals surface area contributed by atoms with Gasteiger partial charge >= 0.3 is 0 Å². The van der Waals surface area contributed by atoms with Crippen LogP contribution < -0.4 is 10.1 Å². The number of nitrogens with zero attached hydrogens (tertiary/aromatic N) is 4. The van der Waals surface area contributed by atoms with Gasteiger partial charge in [0, 0.05) is 23.9 Å². The topological polar surface area (TPSA) is 84.6 Å². The zero-order valence-electron chi connectivity index (χ0n) is 13.3. The number of imidazole rings is 1. The van der Waals surface area contributed by atoms with Crippen LogP contribution in [0.2, 0.25) is 0 Å². The molecule has 0 aliphatic heterocycles. The SMILES string of the molecule is COc1ccc(-c2cn3nc(NC4CCC(O)CC4)sc3n2)cn1. The van der Waals surface area contributed by atoms with Gasteiger partial charge in [-0.3, -0.25) is 0 Å². The van der Waals surface area contributed by atoms with Crippen molar-refractivity contribution in [1.29, 1.82) is 0 Å². The van der Waals surface area contributed by atoms with Gasteiger partial charge in [0.25, 0.3) is 0 Å². The summed E-state index contributed by atoms with van der Waals surface area (Å²) in [6.07, 6.45) is 7.18. The smallest absolute Gasteiger partial charge is 0.214 e. The van der Waals surface area contributed by atoms with Gasteiger partial charge in [-0.15, -0.1) is 5.10 Å². The second-order valence-electron chi connectivity index (χ2n) is 6.00. The van der Waals surface area contributed by atoms with Crippen LogP contribution in [0, 0.1) is 0 Å². The first-order chi connectivity index (χ1) is 11.7. The van der Waals surface area contributed by atoms with Crippen molar-refractivity contribution < 1.29 is 9.84 Å². The van der Waals surface area contributed by atoms with Gasteiger partial charge in [0.15, 0.2) is 0 Å². The average molecular weight is 345 g/mol. The number of aliphatic hydroxyl groups is 1. The molecule has 3 aromatic heterocycles. The largest absolute Gasteiger partial charge is 0.481 e. The molecular formula is C16H19N5O2S. The molecule has 0 saturated heterocycles. The van der Waals surface area contributed by atoms with Crippen LogP contribution in [0.25, 0.3) is 16.2 Å². The van der Waals surface area contributed by atoms with Crippen molar-refractivity contribution in [3.8, 4) is 17.1 Å². The molecule has 2 N–H and O–H groups in total. The number of fused-ring (bicyclic) bond motifs is 1. The molecule has 3 heterocycles. The number of aromatic nitrogens is 4. The molecule has 1 saturated carbocycles. The van der Waals surface area contributed by atoms with Crippen molar-refractivity contribution >= 4 is 21.4 Å². The van der Waals surface area contributed by atoms with Crippen molar-refractivity contribution in [3.63, 3.8) is 0 Å². The van der Waals surface area contributed by atoms with Crippen LogP contribution in [0.3, 0.4) is 0 Å². The third-order valence-electron chi connectivity index (χ3n) is 4.31. The number of rotatable bonds is 4. The maximum absolute atomic E-state index is 9.58. The summed E-state index contributed by atoms with van der Waals surface area (Å²) in [5, 5.41) is 18.5. The molecule has 8 heteroatoms. The van der Waals surface area contributed by atoms with Gasteiger partial charge in [0.1, 0.15) is 0 Å². The van der Waals surface area contributed by atoms with Crippen molar-refractivity contribution in [3.05, 3.63) is 24.5 Å². The van der Waals surface area contributed by atoms with Crippen LogP contribution in [0.15, 0.2) is 24.5 Å². The highest BCUT2D eigenvalue weighted by Gasteiger charge is 2.20. The Labute approximate surface area is 143 Å². The van der Waals surface area contributed by atoms with E-state index in [2.05, 4.69) is 20.4 Å². The van der Waals surface area contributed by atoms with E-state index in [9.17, 15) is 5.11 Å².